The second-order valence-corrected chi connectivity index (χ2v) is 7.14. The molecule has 2 fully saturated rings. The molecule has 0 bridgehead atoms. The van der Waals surface area contributed by atoms with Gasteiger partial charge in [-0.3, -0.25) is 4.79 Å². The van der Waals surface area contributed by atoms with Crippen molar-refractivity contribution >= 4 is 5.91 Å². The molecule has 2 aliphatic heterocycles. The number of nitrogens with zero attached hydrogens (tertiary/aromatic N) is 3. The Morgan fingerprint density at radius 1 is 1.26 bits per heavy atom. The maximum Gasteiger partial charge on any atom is 0.222 e. The van der Waals surface area contributed by atoms with E-state index in [0.29, 0.717) is 18.2 Å². The van der Waals surface area contributed by atoms with E-state index >= 15 is 0 Å². The summed E-state index contributed by atoms with van der Waals surface area (Å²) in [6, 6.07) is 0. The lowest BCUT2D eigenvalue weighted by Crippen LogP contribution is -2.30. The number of hydrogen-bond acceptors (Lipinski definition) is 3. The number of H-pyrrole nitrogens is 1. The van der Waals surface area contributed by atoms with E-state index in [4.69, 9.17) is 0 Å². The number of aryl methyl sites for hydroxylation is 1. The standard InChI is InChI=1S/C18H30N4O/c1-15-13-19-18(20-15)16-8-12-22(14-16)17(23)7-6-11-21-9-4-2-3-5-10-21/h13,16H,2-12,14H2,1H3,(H,19,20)/t16-/m1/s1. The van der Waals surface area contributed by atoms with Gasteiger partial charge in [0.05, 0.1) is 0 Å². The molecular formula is C18H30N4O. The van der Waals surface area contributed by atoms with Crippen LogP contribution in [0.25, 0.3) is 0 Å². The van der Waals surface area contributed by atoms with Gasteiger partial charge >= 0.3 is 0 Å². The molecule has 1 amide bonds. The van der Waals surface area contributed by atoms with Gasteiger partial charge in [0.25, 0.3) is 0 Å². The van der Waals surface area contributed by atoms with Crippen LogP contribution in [0.1, 0.15) is 62.4 Å². The molecule has 1 aromatic rings. The van der Waals surface area contributed by atoms with Gasteiger partial charge in [0.2, 0.25) is 5.91 Å². The Bertz CT molecular complexity index is 505. The van der Waals surface area contributed by atoms with Crippen molar-refractivity contribution in [2.24, 2.45) is 0 Å². The molecule has 0 unspecified atom stereocenters. The van der Waals surface area contributed by atoms with Crippen LogP contribution in [-0.4, -0.2) is 58.4 Å². The van der Waals surface area contributed by atoms with Crippen LogP contribution < -0.4 is 0 Å². The molecule has 0 aliphatic carbocycles. The highest BCUT2D eigenvalue weighted by molar-refractivity contribution is 5.76. The van der Waals surface area contributed by atoms with Crippen LogP contribution in [0.5, 0.6) is 0 Å². The molecule has 3 rings (SSSR count). The third-order valence-electron chi connectivity index (χ3n) is 5.21. The van der Waals surface area contributed by atoms with Crippen molar-refractivity contribution in [1.29, 1.82) is 0 Å². The molecule has 0 aromatic carbocycles. The number of aromatic nitrogens is 2. The largest absolute Gasteiger partial charge is 0.346 e. The summed E-state index contributed by atoms with van der Waals surface area (Å²) in [4.78, 5) is 24.7. The first-order valence-electron chi connectivity index (χ1n) is 9.24. The van der Waals surface area contributed by atoms with Crippen LogP contribution in [0.15, 0.2) is 6.20 Å². The number of aromatic amines is 1. The van der Waals surface area contributed by atoms with E-state index in [1.54, 1.807) is 0 Å². The molecule has 2 aliphatic rings. The summed E-state index contributed by atoms with van der Waals surface area (Å²) >= 11 is 0. The lowest BCUT2D eigenvalue weighted by molar-refractivity contribution is -0.130. The molecule has 1 atom stereocenters. The molecule has 3 heterocycles. The summed E-state index contributed by atoms with van der Waals surface area (Å²) in [6.07, 6.45) is 9.99. The summed E-state index contributed by atoms with van der Waals surface area (Å²) < 4.78 is 0. The third kappa shape index (κ3) is 4.56. The van der Waals surface area contributed by atoms with Gasteiger partial charge in [-0.1, -0.05) is 12.8 Å². The SMILES string of the molecule is Cc1cnc([C@@H]2CCN(C(=O)CCCN3CCCCCC3)C2)[nH]1. The molecule has 0 saturated carbocycles. The Morgan fingerprint density at radius 2 is 2.04 bits per heavy atom. The molecule has 0 radical (unpaired) electrons. The fourth-order valence-electron chi connectivity index (χ4n) is 3.82. The van der Waals surface area contributed by atoms with Crippen molar-refractivity contribution in [3.8, 4) is 0 Å². The van der Waals surface area contributed by atoms with E-state index in [9.17, 15) is 4.79 Å². The van der Waals surface area contributed by atoms with Crippen LogP contribution in [-0.2, 0) is 4.79 Å². The second kappa shape index (κ2) is 7.95. The van der Waals surface area contributed by atoms with E-state index in [2.05, 4.69) is 14.9 Å². The summed E-state index contributed by atoms with van der Waals surface area (Å²) in [5, 5.41) is 0. The van der Waals surface area contributed by atoms with Crippen molar-refractivity contribution in [2.75, 3.05) is 32.7 Å². The number of hydrogen-bond donors (Lipinski definition) is 1. The van der Waals surface area contributed by atoms with Crippen molar-refractivity contribution in [3.63, 3.8) is 0 Å². The topological polar surface area (TPSA) is 52.2 Å². The van der Waals surface area contributed by atoms with Gasteiger partial charge in [-0.25, -0.2) is 4.98 Å². The number of amides is 1. The number of carbonyl (C=O) groups excluding carboxylic acids is 1. The van der Waals surface area contributed by atoms with Gasteiger partial charge in [0.1, 0.15) is 5.82 Å². The third-order valence-corrected chi connectivity index (χ3v) is 5.21. The number of likely N-dealkylation sites (tertiary alicyclic amines) is 2. The average molecular weight is 318 g/mol. The van der Waals surface area contributed by atoms with Gasteiger partial charge in [0.15, 0.2) is 0 Å². The predicted octanol–water partition coefficient (Wildman–Crippen LogP) is 2.69. The van der Waals surface area contributed by atoms with Crippen molar-refractivity contribution in [2.45, 2.75) is 57.8 Å². The van der Waals surface area contributed by atoms with E-state index in [1.807, 2.05) is 18.0 Å². The van der Waals surface area contributed by atoms with Crippen molar-refractivity contribution in [1.82, 2.24) is 19.8 Å². The quantitative estimate of drug-likeness (QED) is 0.908. The zero-order valence-corrected chi connectivity index (χ0v) is 14.4. The Labute approximate surface area is 139 Å². The average Bonchev–Trinajstić information content (AvgIpc) is 3.11. The zero-order valence-electron chi connectivity index (χ0n) is 14.4. The monoisotopic (exact) mass is 318 g/mol. The van der Waals surface area contributed by atoms with Gasteiger partial charge in [-0.15, -0.1) is 0 Å². The van der Waals surface area contributed by atoms with Crippen LogP contribution >= 0.6 is 0 Å². The van der Waals surface area contributed by atoms with Gasteiger partial charge in [0, 0.05) is 37.3 Å². The first-order valence-corrected chi connectivity index (χ1v) is 9.24. The van der Waals surface area contributed by atoms with Crippen LogP contribution in [0.2, 0.25) is 0 Å². The Hall–Kier alpha value is -1.36. The van der Waals surface area contributed by atoms with Gasteiger partial charge in [-0.2, -0.15) is 0 Å². The minimum Gasteiger partial charge on any atom is -0.346 e. The van der Waals surface area contributed by atoms with Gasteiger partial charge in [-0.05, 0) is 52.2 Å². The number of nitrogens with one attached hydrogen (secondary N) is 1. The van der Waals surface area contributed by atoms with Crippen molar-refractivity contribution < 1.29 is 4.79 Å². The van der Waals surface area contributed by atoms with Crippen LogP contribution in [0, 0.1) is 6.92 Å². The maximum absolute atomic E-state index is 12.4. The Kier molecular flexibility index (Phi) is 5.70. The molecule has 1 N–H and O–H groups in total. The fourth-order valence-corrected chi connectivity index (χ4v) is 3.82. The first kappa shape index (κ1) is 16.5. The second-order valence-electron chi connectivity index (χ2n) is 7.14. The van der Waals surface area contributed by atoms with Crippen LogP contribution in [0.3, 0.4) is 0 Å². The normalized spacial score (nSPS) is 23.2. The highest BCUT2D eigenvalue weighted by Crippen LogP contribution is 2.25. The molecule has 2 saturated heterocycles. The molecule has 23 heavy (non-hydrogen) atoms. The first-order chi connectivity index (χ1) is 11.2. The summed E-state index contributed by atoms with van der Waals surface area (Å²) in [5.41, 5.74) is 1.10. The van der Waals surface area contributed by atoms with E-state index in [-0.39, 0.29) is 0 Å². The summed E-state index contributed by atoms with van der Waals surface area (Å²) in [6.45, 7) is 7.26. The smallest absolute Gasteiger partial charge is 0.222 e. The molecular weight excluding hydrogens is 288 g/mol. The highest BCUT2D eigenvalue weighted by atomic mass is 16.2. The highest BCUT2D eigenvalue weighted by Gasteiger charge is 2.28. The zero-order chi connectivity index (χ0) is 16.1. The molecule has 128 valence electrons. The number of carbonyl (C=O) groups is 1. The predicted molar refractivity (Wildman–Crippen MR) is 91.4 cm³/mol. The number of rotatable bonds is 5. The molecule has 1 aromatic heterocycles. The molecule has 5 heteroatoms. The fraction of sp³-hybridized carbons (Fsp3) is 0.778. The summed E-state index contributed by atoms with van der Waals surface area (Å²) in [7, 11) is 0. The lowest BCUT2D eigenvalue weighted by Gasteiger charge is -2.21. The molecule has 5 nitrogen and oxygen atoms in total. The minimum absolute atomic E-state index is 0.325. The van der Waals surface area contributed by atoms with E-state index < -0.39 is 0 Å². The van der Waals surface area contributed by atoms with Gasteiger partial charge < -0.3 is 14.8 Å². The summed E-state index contributed by atoms with van der Waals surface area (Å²) in [5.74, 6) is 1.76. The van der Waals surface area contributed by atoms with Crippen LogP contribution in [0.4, 0.5) is 0 Å². The molecule has 0 spiro atoms. The maximum atomic E-state index is 12.4. The Morgan fingerprint density at radius 3 is 2.74 bits per heavy atom. The minimum atomic E-state index is 0.325. The van der Waals surface area contributed by atoms with E-state index in [1.165, 1.54) is 38.8 Å². The number of imidazole rings is 1. The van der Waals surface area contributed by atoms with Crippen molar-refractivity contribution in [3.05, 3.63) is 17.7 Å². The lowest BCUT2D eigenvalue weighted by atomic mass is 10.1. The Balaban J connectivity index is 1.39. The van der Waals surface area contributed by atoms with E-state index in [0.717, 1.165) is 44.0 Å².